The van der Waals surface area contributed by atoms with E-state index in [-0.39, 0.29) is 17.6 Å². The smallest absolute Gasteiger partial charge is 0.282 e. The van der Waals surface area contributed by atoms with E-state index in [9.17, 15) is 4.79 Å². The molecule has 4 aromatic rings. The topological polar surface area (TPSA) is 74.9 Å². The summed E-state index contributed by atoms with van der Waals surface area (Å²) in [5.41, 5.74) is 4.90. The highest BCUT2D eigenvalue weighted by atomic mass is 16.5. The lowest BCUT2D eigenvalue weighted by Gasteiger charge is -2.20. The largest absolute Gasteiger partial charge is 0.494 e. The molecule has 226 valence electrons. The number of para-hydroxylation sites is 1. The maximum absolute atomic E-state index is 13.9. The minimum Gasteiger partial charge on any atom is -0.494 e. The molecule has 0 saturated carbocycles. The molecule has 4 rings (SSSR count). The molecule has 0 aliphatic heterocycles. The van der Waals surface area contributed by atoms with Crippen LogP contribution >= 0.6 is 0 Å². The van der Waals surface area contributed by atoms with Gasteiger partial charge >= 0.3 is 0 Å². The number of ether oxygens (including phenoxy) is 3. The van der Waals surface area contributed by atoms with E-state index in [1.54, 1.807) is 12.3 Å². The molecule has 0 spiro atoms. The van der Waals surface area contributed by atoms with Gasteiger partial charge in [-0.1, -0.05) is 39.0 Å². The lowest BCUT2D eigenvalue weighted by atomic mass is 9.96. The first-order chi connectivity index (χ1) is 20.7. The molecule has 0 aliphatic rings. The number of rotatable bonds is 13. The van der Waals surface area contributed by atoms with Crippen LogP contribution in [0.1, 0.15) is 76.1 Å². The summed E-state index contributed by atoms with van der Waals surface area (Å²) in [4.78, 5) is 18.9. The molecule has 0 bridgehead atoms. The fourth-order valence-corrected chi connectivity index (χ4v) is 4.95. The van der Waals surface area contributed by atoms with E-state index in [1.165, 1.54) is 4.68 Å². The molecule has 43 heavy (non-hydrogen) atoms. The first kappa shape index (κ1) is 31.5. The molecule has 0 amide bonds. The Kier molecular flexibility index (Phi) is 10.4. The fourth-order valence-electron chi connectivity index (χ4n) is 4.95. The molecule has 1 atom stereocenters. The van der Waals surface area contributed by atoms with Crippen molar-refractivity contribution in [3.8, 4) is 28.6 Å². The van der Waals surface area contributed by atoms with Crippen molar-refractivity contribution in [3.63, 3.8) is 0 Å². The van der Waals surface area contributed by atoms with Crippen LogP contribution in [-0.2, 0) is 6.42 Å². The van der Waals surface area contributed by atoms with Gasteiger partial charge in [-0.05, 0) is 99.5 Å². The van der Waals surface area contributed by atoms with Gasteiger partial charge in [0.15, 0.2) is 17.3 Å². The Bertz CT molecular complexity index is 1690. The fraction of sp³-hybridized carbons (Fsp3) is 0.361. The molecule has 1 heterocycles. The Morgan fingerprint density at radius 3 is 2.40 bits per heavy atom. The zero-order chi connectivity index (χ0) is 31.1. The monoisotopic (exact) mass is 581 g/mol. The molecule has 3 aromatic carbocycles. The number of nitrogens with zero attached hydrogens (tertiary/aromatic N) is 3. The highest BCUT2D eigenvalue weighted by Crippen LogP contribution is 2.36. The summed E-state index contributed by atoms with van der Waals surface area (Å²) in [6, 6.07) is 15.4. The summed E-state index contributed by atoms with van der Waals surface area (Å²) in [5, 5.41) is 5.25. The van der Waals surface area contributed by atoms with Gasteiger partial charge in [0.05, 0.1) is 36.4 Å². The van der Waals surface area contributed by atoms with E-state index >= 15 is 0 Å². The number of fused-ring (bicyclic) bond motifs is 1. The van der Waals surface area contributed by atoms with Crippen LogP contribution in [0.3, 0.4) is 0 Å². The average molecular weight is 582 g/mol. The second-order valence-electron chi connectivity index (χ2n) is 10.9. The maximum Gasteiger partial charge on any atom is 0.282 e. The van der Waals surface area contributed by atoms with Crippen LogP contribution in [0.2, 0.25) is 0 Å². The van der Waals surface area contributed by atoms with E-state index in [0.717, 1.165) is 40.0 Å². The van der Waals surface area contributed by atoms with E-state index < -0.39 is 0 Å². The van der Waals surface area contributed by atoms with Crippen LogP contribution in [-0.4, -0.2) is 35.2 Å². The van der Waals surface area contributed by atoms with Crippen molar-refractivity contribution >= 4 is 17.1 Å². The van der Waals surface area contributed by atoms with Crippen LogP contribution in [0.15, 0.2) is 71.1 Å². The number of benzene rings is 3. The average Bonchev–Trinajstić information content (AvgIpc) is 2.98. The van der Waals surface area contributed by atoms with Gasteiger partial charge in [-0.25, -0.2) is 4.98 Å². The standard InChI is InChI=1S/C36H43N3O4/c1-9-15-27-19-26(20-33(42-12-4)34(27)43-25(8)10-2)22-37-39-35(38-31-17-14-13-16-28(31)36(39)40)30-21-29(23(5)6)32(41-11-3)18-24(30)7/h9,13-14,16-23,25H,1,10-12,15H2,2-8H3/t25-/m1/s1. The van der Waals surface area contributed by atoms with Gasteiger partial charge in [-0.2, -0.15) is 9.78 Å². The number of aromatic nitrogens is 2. The van der Waals surface area contributed by atoms with E-state index in [2.05, 4.69) is 33.4 Å². The van der Waals surface area contributed by atoms with Crippen LogP contribution < -0.4 is 19.8 Å². The Morgan fingerprint density at radius 2 is 1.72 bits per heavy atom. The van der Waals surface area contributed by atoms with Crippen molar-refractivity contribution in [2.45, 2.75) is 73.3 Å². The van der Waals surface area contributed by atoms with Gasteiger partial charge in [0.2, 0.25) is 0 Å². The number of hydrogen-bond acceptors (Lipinski definition) is 6. The summed E-state index contributed by atoms with van der Waals surface area (Å²) >= 11 is 0. The first-order valence-corrected chi connectivity index (χ1v) is 15.1. The third kappa shape index (κ3) is 6.99. The van der Waals surface area contributed by atoms with E-state index in [1.807, 2.05) is 70.2 Å². The first-order valence-electron chi connectivity index (χ1n) is 15.1. The molecule has 7 nitrogen and oxygen atoms in total. The van der Waals surface area contributed by atoms with Crippen molar-refractivity contribution in [1.82, 2.24) is 9.66 Å². The number of aryl methyl sites for hydroxylation is 1. The Hall–Kier alpha value is -4.39. The van der Waals surface area contributed by atoms with Crippen molar-refractivity contribution in [2.24, 2.45) is 5.10 Å². The summed E-state index contributed by atoms with van der Waals surface area (Å²) in [5.74, 6) is 2.87. The summed E-state index contributed by atoms with van der Waals surface area (Å²) in [6.07, 6.45) is 5.01. The normalized spacial score (nSPS) is 12.2. The molecule has 0 fully saturated rings. The lowest BCUT2D eigenvalue weighted by molar-refractivity contribution is 0.201. The molecule has 0 unspecified atom stereocenters. The zero-order valence-corrected chi connectivity index (χ0v) is 26.4. The number of hydrogen-bond donors (Lipinski definition) is 0. The second-order valence-corrected chi connectivity index (χ2v) is 10.9. The van der Waals surface area contributed by atoms with E-state index in [0.29, 0.717) is 47.9 Å². The highest BCUT2D eigenvalue weighted by molar-refractivity contribution is 5.83. The Balaban J connectivity index is 1.93. The van der Waals surface area contributed by atoms with Gasteiger partial charge < -0.3 is 14.2 Å². The van der Waals surface area contributed by atoms with Crippen molar-refractivity contribution in [2.75, 3.05) is 13.2 Å². The van der Waals surface area contributed by atoms with Crippen LogP contribution in [0.25, 0.3) is 22.3 Å². The predicted octanol–water partition coefficient (Wildman–Crippen LogP) is 8.08. The van der Waals surface area contributed by atoms with Gasteiger partial charge in [-0.15, -0.1) is 6.58 Å². The molecular weight excluding hydrogens is 538 g/mol. The van der Waals surface area contributed by atoms with Gasteiger partial charge in [0.25, 0.3) is 5.56 Å². The maximum atomic E-state index is 13.9. The lowest BCUT2D eigenvalue weighted by Crippen LogP contribution is -2.21. The third-order valence-corrected chi connectivity index (χ3v) is 7.31. The molecule has 0 aliphatic carbocycles. The third-order valence-electron chi connectivity index (χ3n) is 7.31. The number of allylic oxidation sites excluding steroid dienone is 1. The summed E-state index contributed by atoms with van der Waals surface area (Å²) in [7, 11) is 0. The van der Waals surface area contributed by atoms with Crippen LogP contribution in [0.4, 0.5) is 0 Å². The van der Waals surface area contributed by atoms with Gasteiger partial charge in [-0.3, -0.25) is 4.79 Å². The summed E-state index contributed by atoms with van der Waals surface area (Å²) in [6.45, 7) is 19.3. The molecule has 0 N–H and O–H groups in total. The molecule has 0 radical (unpaired) electrons. The predicted molar refractivity (Wildman–Crippen MR) is 176 cm³/mol. The van der Waals surface area contributed by atoms with Crippen molar-refractivity contribution in [1.29, 1.82) is 0 Å². The quantitative estimate of drug-likeness (QED) is 0.118. The van der Waals surface area contributed by atoms with Crippen LogP contribution in [0, 0.1) is 6.92 Å². The van der Waals surface area contributed by atoms with Crippen molar-refractivity contribution < 1.29 is 14.2 Å². The minimum atomic E-state index is -0.246. The van der Waals surface area contributed by atoms with Crippen LogP contribution in [0.5, 0.6) is 17.2 Å². The zero-order valence-electron chi connectivity index (χ0n) is 26.4. The van der Waals surface area contributed by atoms with E-state index in [4.69, 9.17) is 24.3 Å². The van der Waals surface area contributed by atoms with Gasteiger partial charge in [0, 0.05) is 11.1 Å². The second kappa shape index (κ2) is 14.2. The Labute approximate surface area is 254 Å². The van der Waals surface area contributed by atoms with Gasteiger partial charge in [0.1, 0.15) is 5.75 Å². The van der Waals surface area contributed by atoms with Crippen molar-refractivity contribution in [3.05, 3.63) is 93.8 Å². The summed E-state index contributed by atoms with van der Waals surface area (Å²) < 4.78 is 19.6. The highest BCUT2D eigenvalue weighted by Gasteiger charge is 2.19. The molecule has 0 saturated heterocycles. The molecule has 1 aromatic heterocycles. The Morgan fingerprint density at radius 1 is 1.00 bits per heavy atom. The molecular formula is C36H43N3O4. The minimum absolute atomic E-state index is 0.0279. The SMILES string of the molecule is C=CCc1cc(C=Nn2c(-c3cc(C(C)C)c(OCC)cc3C)nc3ccccc3c2=O)cc(OCC)c1O[C@H](C)CC. The molecule has 7 heteroatoms.